The SMILES string of the molecule is CC(=O)OC1[C@H](OC(=N)C(Cl)(Cl)Cl)OC(C)[C@H](OCc2ccccc2)[C@@H]1OC(=O)OCC1c2ccccc2-c2ccccc21.CC(=O)OC1[C@H](OCP)OC(C)[C@H](C)[C@@H]1O.CC1OC(O)C(O)[C@@H](O)[C@H]1O.CC1O[C@@H](OCP)C(O)[C@@H](O)[C@H]1O.CC1O[C@@H](OCP)[C@H]2OC(C)(C)OC2[C@H]1C. The monoisotopic (exact) mass is 1530 g/mol. The predicted molar refractivity (Wildman–Crippen MR) is 370 cm³/mol. The van der Waals surface area contributed by atoms with E-state index >= 15 is 0 Å². The Balaban J connectivity index is 0.000000228. The topological polar surface area (TPSA) is 385 Å². The second-order valence-electron chi connectivity index (χ2n) is 25.0. The Labute approximate surface area is 603 Å². The molecule has 6 heterocycles. The zero-order valence-corrected chi connectivity index (χ0v) is 63.0. The number of hydrogen-bond acceptors (Lipinski definition) is 28. The summed E-state index contributed by atoms with van der Waals surface area (Å²) < 4.78 is 86.1. The van der Waals surface area contributed by atoms with Gasteiger partial charge in [0.2, 0.25) is 18.3 Å². The van der Waals surface area contributed by atoms with Gasteiger partial charge in [-0.15, -0.1) is 27.7 Å². The summed E-state index contributed by atoms with van der Waals surface area (Å²) in [6, 6.07) is 25.2. The molecule has 7 aliphatic rings. The molecule has 14 unspecified atom stereocenters. The number of esters is 2. The van der Waals surface area contributed by atoms with Gasteiger partial charge in [0.15, 0.2) is 43.2 Å². The molecular formula is C66H97Cl3NO27P3. The van der Waals surface area contributed by atoms with E-state index in [1.54, 1.807) is 13.8 Å². The summed E-state index contributed by atoms with van der Waals surface area (Å²) >= 11 is 17.5. The number of benzene rings is 3. The Hall–Kier alpha value is -3.26. The van der Waals surface area contributed by atoms with Crippen LogP contribution < -0.4 is 0 Å². The highest BCUT2D eigenvalue weighted by Gasteiger charge is 2.55. The van der Waals surface area contributed by atoms with E-state index in [1.165, 1.54) is 20.8 Å². The van der Waals surface area contributed by atoms with Crippen molar-refractivity contribution in [3.05, 3.63) is 95.6 Å². The molecule has 100 heavy (non-hydrogen) atoms. The van der Waals surface area contributed by atoms with Gasteiger partial charge >= 0.3 is 18.1 Å². The van der Waals surface area contributed by atoms with E-state index in [2.05, 4.69) is 46.3 Å². The fourth-order valence-electron chi connectivity index (χ4n) is 11.7. The van der Waals surface area contributed by atoms with E-state index in [0.717, 1.165) is 27.8 Å². The number of aliphatic hydroxyl groups is 8. The molecule has 0 bridgehead atoms. The Bertz CT molecular complexity index is 2990. The van der Waals surface area contributed by atoms with Crippen molar-refractivity contribution in [2.75, 3.05) is 25.7 Å². The average Bonchev–Trinajstić information content (AvgIpc) is 1.67. The van der Waals surface area contributed by atoms with E-state index in [9.17, 15) is 34.8 Å². The van der Waals surface area contributed by atoms with Crippen molar-refractivity contribution in [2.45, 2.75) is 240 Å². The lowest BCUT2D eigenvalue weighted by Gasteiger charge is -2.43. The van der Waals surface area contributed by atoms with Gasteiger partial charge < -0.3 is 117 Å². The summed E-state index contributed by atoms with van der Waals surface area (Å²) in [5.41, 5.74) is 5.05. The first-order valence-electron chi connectivity index (χ1n) is 32.4. The van der Waals surface area contributed by atoms with Gasteiger partial charge in [0, 0.05) is 31.6 Å². The first-order chi connectivity index (χ1) is 47.0. The fourth-order valence-corrected chi connectivity index (χ4v) is 12.5. The van der Waals surface area contributed by atoms with Crippen molar-refractivity contribution in [2.24, 2.45) is 11.8 Å². The van der Waals surface area contributed by atoms with Crippen LogP contribution in [0.1, 0.15) is 98.8 Å². The van der Waals surface area contributed by atoms with Gasteiger partial charge in [0.1, 0.15) is 61.5 Å². The molecule has 10 rings (SSSR count). The number of aliphatic hydroxyl groups excluding tert-OH is 8. The lowest BCUT2D eigenvalue weighted by atomic mass is 9.91. The smallest absolute Gasteiger partial charge is 0.454 e. The number of nitrogens with one attached hydrogen (secondary N) is 1. The van der Waals surface area contributed by atoms with Crippen LogP contribution in [0.5, 0.6) is 0 Å². The molecule has 28 nitrogen and oxygen atoms in total. The quantitative estimate of drug-likeness (QED) is 0.0221. The molecule has 0 radical (unpaired) electrons. The highest BCUT2D eigenvalue weighted by atomic mass is 35.6. The van der Waals surface area contributed by atoms with Gasteiger partial charge in [-0.05, 0) is 76.3 Å². The zero-order valence-electron chi connectivity index (χ0n) is 57.3. The summed E-state index contributed by atoms with van der Waals surface area (Å²) in [6.07, 6.45) is -19.2. The van der Waals surface area contributed by atoms with Crippen molar-refractivity contribution in [3.63, 3.8) is 0 Å². The molecular weight excluding hydrogens is 1440 g/mol. The van der Waals surface area contributed by atoms with Crippen LogP contribution in [0.15, 0.2) is 78.9 Å². The molecule has 1 aliphatic carbocycles. The Morgan fingerprint density at radius 1 is 0.490 bits per heavy atom. The van der Waals surface area contributed by atoms with Gasteiger partial charge in [0.25, 0.3) is 3.79 Å². The van der Waals surface area contributed by atoms with Crippen LogP contribution in [0, 0.1) is 17.2 Å². The van der Waals surface area contributed by atoms with Crippen LogP contribution in [0.4, 0.5) is 4.79 Å². The van der Waals surface area contributed by atoms with Gasteiger partial charge in [-0.3, -0.25) is 15.0 Å². The number of carbonyl (C=O) groups excluding carboxylic acids is 3. The number of ether oxygens (including phenoxy) is 16. The third-order valence-corrected chi connectivity index (χ3v) is 18.5. The van der Waals surface area contributed by atoms with Gasteiger partial charge in [-0.25, -0.2) is 4.79 Å². The number of alkyl halides is 3. The van der Waals surface area contributed by atoms with E-state index in [-0.39, 0.29) is 55.8 Å². The van der Waals surface area contributed by atoms with Crippen molar-refractivity contribution < 1.29 is 131 Å². The van der Waals surface area contributed by atoms with Crippen LogP contribution in [-0.4, -0.2) is 241 Å². The van der Waals surface area contributed by atoms with Crippen molar-refractivity contribution in [3.8, 4) is 11.1 Å². The van der Waals surface area contributed by atoms with Gasteiger partial charge in [-0.2, -0.15) is 0 Å². The molecule has 0 spiro atoms. The van der Waals surface area contributed by atoms with Crippen LogP contribution in [0.2, 0.25) is 0 Å². The first kappa shape index (κ1) is 85.7. The van der Waals surface area contributed by atoms with Crippen LogP contribution in [0.3, 0.4) is 0 Å². The van der Waals surface area contributed by atoms with Crippen LogP contribution in [0.25, 0.3) is 11.1 Å². The normalized spacial score (nSPS) is 35.6. The van der Waals surface area contributed by atoms with Crippen LogP contribution >= 0.6 is 62.5 Å². The molecule has 34 heteroatoms. The highest BCUT2D eigenvalue weighted by Crippen LogP contribution is 2.45. The summed E-state index contributed by atoms with van der Waals surface area (Å²) in [5, 5.41) is 82.1. The Morgan fingerprint density at radius 3 is 1.52 bits per heavy atom. The van der Waals surface area contributed by atoms with Gasteiger partial charge in [0.05, 0.1) is 62.3 Å². The second-order valence-corrected chi connectivity index (χ2v) is 28.3. The number of hydrogen-bond donors (Lipinski definition) is 9. The minimum Gasteiger partial charge on any atom is -0.454 e. The molecule has 0 saturated carbocycles. The summed E-state index contributed by atoms with van der Waals surface area (Å²) in [6.45, 7) is 19.1. The number of carbonyl (C=O) groups is 3. The Morgan fingerprint density at radius 2 is 0.960 bits per heavy atom. The highest BCUT2D eigenvalue weighted by molar-refractivity contribution is 7.16. The molecule has 9 N–H and O–H groups in total. The minimum atomic E-state index is -2.23. The average molecular weight is 1540 g/mol. The maximum absolute atomic E-state index is 13.3. The molecule has 28 atom stereocenters. The molecule has 564 valence electrons. The third-order valence-electron chi connectivity index (χ3n) is 17.4. The van der Waals surface area contributed by atoms with Crippen molar-refractivity contribution in [1.29, 1.82) is 5.41 Å². The molecule has 0 aromatic heterocycles. The maximum Gasteiger partial charge on any atom is 0.508 e. The fraction of sp³-hybridized carbons (Fsp3) is 0.667. The largest absolute Gasteiger partial charge is 0.508 e. The zero-order chi connectivity index (χ0) is 74.2. The summed E-state index contributed by atoms with van der Waals surface area (Å²) in [5.74, 6) is -2.50. The third kappa shape index (κ3) is 23.1. The second kappa shape index (κ2) is 39.4. The molecule has 3 aromatic rings. The number of rotatable bonds is 15. The molecule has 6 fully saturated rings. The number of fused-ring (bicyclic) bond motifs is 4. The van der Waals surface area contributed by atoms with Crippen molar-refractivity contribution in [1.82, 2.24) is 0 Å². The maximum atomic E-state index is 13.3. The number of halogens is 3. The van der Waals surface area contributed by atoms with Gasteiger partial charge in [-0.1, -0.05) is 128 Å². The predicted octanol–water partition coefficient (Wildman–Crippen LogP) is 5.66. The minimum absolute atomic E-state index is 0.00273. The Kier molecular flexibility index (Phi) is 33.7. The summed E-state index contributed by atoms with van der Waals surface area (Å²) in [7, 11) is 7.24. The first-order valence-corrected chi connectivity index (χ1v) is 36.0. The molecule has 0 amide bonds. The summed E-state index contributed by atoms with van der Waals surface area (Å²) in [4.78, 5) is 36.5. The van der Waals surface area contributed by atoms with E-state index in [0.29, 0.717) is 25.0 Å². The van der Waals surface area contributed by atoms with E-state index in [1.807, 2.05) is 107 Å². The van der Waals surface area contributed by atoms with E-state index < -0.39 is 144 Å². The van der Waals surface area contributed by atoms with Crippen molar-refractivity contribution >= 4 is 86.5 Å². The lowest BCUT2D eigenvalue weighted by molar-refractivity contribution is -0.288. The molecule has 6 saturated heterocycles. The van der Waals surface area contributed by atoms with Crippen LogP contribution in [-0.2, 0) is 92.0 Å². The molecule has 6 aliphatic heterocycles. The molecule has 3 aromatic carbocycles. The standard InChI is InChI=1S/C32H30Cl3NO8.C11H21O4P.C10H19O5P.C7H15O5P.C6H12O5/c1-18-26(39-16-20-10-4-3-5-11-20)27(28(42-19(2)37)29(41-18)44-30(36)32(33,34)35)43-31(38)40-17-25-23-14-8-6-12-21(23)22-13-7-9-15-24(22)25;1-6-7(2)13-10(12-5-16)9-8(6)14-11(3,4)15-9;1-5-6(2)14-10(13-4-16)9(8(5)12)15-7(3)11;1-3-4(8)5(9)6(10)7(12-3)11-2-13;1-2-3(7)4(8)5(9)6(10)11-2/h3-15,18,25-29,36H,16-17H2,1-2H3;6-10H,5,16H2,1-4H3;5-6,8-10,12H,4,16H2,1-3H3;3-10H,2,13H2,1H3;2-10H,1H3/t18?,26-,27-,28?,29-;6-,7?,8?,9-,10+;5-,6?,8-,9?,10+;3?,4-,5-,6?,7+;2?,3-,4-,5?,6?/m00000/s1. The van der Waals surface area contributed by atoms with E-state index in [4.69, 9.17) is 132 Å². The lowest BCUT2D eigenvalue weighted by Crippen LogP contribution is -2.61.